The quantitative estimate of drug-likeness (QED) is 0.885. The zero-order chi connectivity index (χ0) is 11.5. The van der Waals surface area contributed by atoms with E-state index in [0.29, 0.717) is 0 Å². The summed E-state index contributed by atoms with van der Waals surface area (Å²) in [6.07, 6.45) is 5.71. The molecular formula is C12H15N3S. The number of nitrogens with one attached hydrogen (secondary N) is 1. The monoisotopic (exact) mass is 233 g/mol. The molecule has 0 aliphatic rings. The van der Waals surface area contributed by atoms with Gasteiger partial charge in [-0.3, -0.25) is 4.98 Å². The highest BCUT2D eigenvalue weighted by Crippen LogP contribution is 2.26. The minimum atomic E-state index is 0.193. The standard InChI is InChI=1S/C12H15N3S/c1-8-4-10(6-14-5-8)12(13-3)11-7-15-9(2)16-11/h4-7,12-13H,1-3H3. The topological polar surface area (TPSA) is 37.8 Å². The first-order valence-electron chi connectivity index (χ1n) is 5.22. The maximum Gasteiger partial charge on any atom is 0.0897 e. The van der Waals surface area contributed by atoms with Gasteiger partial charge in [0.2, 0.25) is 0 Å². The number of nitrogens with zero attached hydrogens (tertiary/aromatic N) is 2. The fourth-order valence-electron chi connectivity index (χ4n) is 1.72. The Labute approximate surface area is 99.6 Å². The molecule has 4 heteroatoms. The van der Waals surface area contributed by atoms with Crippen molar-refractivity contribution in [1.82, 2.24) is 15.3 Å². The third-order valence-electron chi connectivity index (χ3n) is 2.44. The van der Waals surface area contributed by atoms with Crippen LogP contribution in [0.15, 0.2) is 24.7 Å². The van der Waals surface area contributed by atoms with Crippen molar-refractivity contribution in [2.24, 2.45) is 0 Å². The molecule has 2 rings (SSSR count). The molecule has 2 aromatic rings. The Hall–Kier alpha value is -1.26. The summed E-state index contributed by atoms with van der Waals surface area (Å²) in [5.74, 6) is 0. The van der Waals surface area contributed by atoms with Crippen molar-refractivity contribution in [2.45, 2.75) is 19.9 Å². The SMILES string of the molecule is CNC(c1cncc(C)c1)c1cnc(C)s1. The summed E-state index contributed by atoms with van der Waals surface area (Å²) in [4.78, 5) is 9.75. The van der Waals surface area contributed by atoms with Crippen molar-refractivity contribution in [3.8, 4) is 0 Å². The molecule has 2 heterocycles. The van der Waals surface area contributed by atoms with E-state index in [1.54, 1.807) is 11.3 Å². The van der Waals surface area contributed by atoms with Gasteiger partial charge in [-0.05, 0) is 32.0 Å². The van der Waals surface area contributed by atoms with Crippen molar-refractivity contribution < 1.29 is 0 Å². The molecule has 0 fully saturated rings. The summed E-state index contributed by atoms with van der Waals surface area (Å²) in [5.41, 5.74) is 2.37. The van der Waals surface area contributed by atoms with Crippen molar-refractivity contribution in [3.05, 3.63) is 45.7 Å². The highest BCUT2D eigenvalue weighted by atomic mass is 32.1. The number of hydrogen-bond acceptors (Lipinski definition) is 4. The summed E-state index contributed by atoms with van der Waals surface area (Å²) >= 11 is 1.72. The van der Waals surface area contributed by atoms with Gasteiger partial charge in [-0.15, -0.1) is 11.3 Å². The summed E-state index contributed by atoms with van der Waals surface area (Å²) in [5, 5.41) is 4.40. The minimum Gasteiger partial charge on any atom is -0.309 e. The van der Waals surface area contributed by atoms with Gasteiger partial charge in [-0.1, -0.05) is 6.07 Å². The Bertz CT molecular complexity index is 479. The van der Waals surface area contributed by atoms with Gasteiger partial charge in [-0.25, -0.2) is 4.98 Å². The molecule has 2 aromatic heterocycles. The Morgan fingerprint density at radius 2 is 2.06 bits per heavy atom. The van der Waals surface area contributed by atoms with Gasteiger partial charge in [0.1, 0.15) is 0 Å². The van der Waals surface area contributed by atoms with Crippen LogP contribution in [0.1, 0.15) is 27.1 Å². The molecular weight excluding hydrogens is 218 g/mol. The van der Waals surface area contributed by atoms with Crippen LogP contribution in [0.5, 0.6) is 0 Å². The maximum absolute atomic E-state index is 4.29. The Kier molecular flexibility index (Phi) is 3.31. The highest BCUT2D eigenvalue weighted by molar-refractivity contribution is 7.11. The third kappa shape index (κ3) is 2.28. The van der Waals surface area contributed by atoms with Gasteiger partial charge in [0.15, 0.2) is 0 Å². The number of rotatable bonds is 3. The lowest BCUT2D eigenvalue weighted by Gasteiger charge is -2.14. The van der Waals surface area contributed by atoms with E-state index in [1.807, 2.05) is 32.6 Å². The lowest BCUT2D eigenvalue weighted by atomic mass is 10.1. The molecule has 84 valence electrons. The molecule has 1 atom stereocenters. The van der Waals surface area contributed by atoms with Gasteiger partial charge in [0, 0.05) is 23.5 Å². The maximum atomic E-state index is 4.29. The van der Waals surface area contributed by atoms with Crippen molar-refractivity contribution >= 4 is 11.3 Å². The Balaban J connectivity index is 2.36. The molecule has 0 saturated carbocycles. The van der Waals surface area contributed by atoms with E-state index in [9.17, 15) is 0 Å². The van der Waals surface area contributed by atoms with Crippen molar-refractivity contribution in [1.29, 1.82) is 0 Å². The number of hydrogen-bond donors (Lipinski definition) is 1. The molecule has 16 heavy (non-hydrogen) atoms. The van der Waals surface area contributed by atoms with Crippen LogP contribution in [0, 0.1) is 13.8 Å². The fourth-order valence-corrected chi connectivity index (χ4v) is 2.64. The van der Waals surface area contributed by atoms with Crippen LogP contribution in [0.4, 0.5) is 0 Å². The third-order valence-corrected chi connectivity index (χ3v) is 3.42. The van der Waals surface area contributed by atoms with Crippen molar-refractivity contribution in [3.63, 3.8) is 0 Å². The molecule has 0 bridgehead atoms. The smallest absolute Gasteiger partial charge is 0.0897 e. The van der Waals surface area contributed by atoms with E-state index in [2.05, 4.69) is 28.3 Å². The first-order chi connectivity index (χ1) is 7.70. The van der Waals surface area contributed by atoms with Crippen LogP contribution in [-0.2, 0) is 0 Å². The van der Waals surface area contributed by atoms with E-state index in [1.165, 1.54) is 16.0 Å². The van der Waals surface area contributed by atoms with Gasteiger partial charge < -0.3 is 5.32 Å². The lowest BCUT2D eigenvalue weighted by Crippen LogP contribution is -2.16. The second kappa shape index (κ2) is 4.72. The van der Waals surface area contributed by atoms with E-state index < -0.39 is 0 Å². The van der Waals surface area contributed by atoms with Crippen LogP contribution in [0.3, 0.4) is 0 Å². The predicted octanol–water partition coefficient (Wildman–Crippen LogP) is 2.46. The number of thiazole rings is 1. The Morgan fingerprint density at radius 3 is 2.62 bits per heavy atom. The predicted molar refractivity (Wildman–Crippen MR) is 66.7 cm³/mol. The second-order valence-corrected chi connectivity index (χ2v) is 5.07. The summed E-state index contributed by atoms with van der Waals surface area (Å²) in [7, 11) is 1.96. The second-order valence-electron chi connectivity index (χ2n) is 3.80. The van der Waals surface area contributed by atoms with Gasteiger partial charge >= 0.3 is 0 Å². The molecule has 0 aromatic carbocycles. The van der Waals surface area contributed by atoms with E-state index in [0.717, 1.165) is 5.01 Å². The lowest BCUT2D eigenvalue weighted by molar-refractivity contribution is 0.698. The zero-order valence-corrected chi connectivity index (χ0v) is 10.5. The number of aromatic nitrogens is 2. The molecule has 0 spiro atoms. The van der Waals surface area contributed by atoms with Gasteiger partial charge in [0.05, 0.1) is 11.0 Å². The van der Waals surface area contributed by atoms with E-state index in [-0.39, 0.29) is 6.04 Å². The molecule has 0 saturated heterocycles. The van der Waals surface area contributed by atoms with Crippen LogP contribution in [0.2, 0.25) is 0 Å². The molecule has 1 N–H and O–H groups in total. The average molecular weight is 233 g/mol. The molecule has 0 aliphatic heterocycles. The fraction of sp³-hybridized carbons (Fsp3) is 0.333. The normalized spacial score (nSPS) is 12.7. The van der Waals surface area contributed by atoms with E-state index >= 15 is 0 Å². The molecule has 0 amide bonds. The van der Waals surface area contributed by atoms with Crippen LogP contribution < -0.4 is 5.32 Å². The van der Waals surface area contributed by atoms with Crippen LogP contribution in [-0.4, -0.2) is 17.0 Å². The minimum absolute atomic E-state index is 0.193. The summed E-state index contributed by atoms with van der Waals surface area (Å²) in [6.45, 7) is 4.08. The van der Waals surface area contributed by atoms with E-state index in [4.69, 9.17) is 0 Å². The van der Waals surface area contributed by atoms with Gasteiger partial charge in [-0.2, -0.15) is 0 Å². The van der Waals surface area contributed by atoms with Crippen LogP contribution >= 0.6 is 11.3 Å². The summed E-state index contributed by atoms with van der Waals surface area (Å²) in [6, 6.07) is 2.35. The Morgan fingerprint density at radius 1 is 1.25 bits per heavy atom. The zero-order valence-electron chi connectivity index (χ0n) is 9.69. The van der Waals surface area contributed by atoms with Gasteiger partial charge in [0.25, 0.3) is 0 Å². The molecule has 3 nitrogen and oxygen atoms in total. The van der Waals surface area contributed by atoms with Crippen molar-refractivity contribution in [2.75, 3.05) is 7.05 Å². The largest absolute Gasteiger partial charge is 0.309 e. The molecule has 0 aliphatic carbocycles. The first kappa shape index (κ1) is 11.2. The molecule has 0 radical (unpaired) electrons. The summed E-state index contributed by atoms with van der Waals surface area (Å²) < 4.78 is 0. The molecule has 1 unspecified atom stereocenters. The average Bonchev–Trinajstić information content (AvgIpc) is 2.66. The number of pyridine rings is 1. The van der Waals surface area contributed by atoms with Crippen LogP contribution in [0.25, 0.3) is 0 Å². The highest BCUT2D eigenvalue weighted by Gasteiger charge is 2.14. The number of aryl methyl sites for hydroxylation is 2. The first-order valence-corrected chi connectivity index (χ1v) is 6.03.